The lowest BCUT2D eigenvalue weighted by atomic mass is 9.74. The van der Waals surface area contributed by atoms with Gasteiger partial charge in [-0.15, -0.1) is 0 Å². The van der Waals surface area contributed by atoms with Crippen molar-refractivity contribution >= 4 is 5.97 Å². The molecule has 0 amide bonds. The van der Waals surface area contributed by atoms with Crippen LogP contribution in [0, 0.1) is 11.8 Å². The topological polar surface area (TPSA) is 52.3 Å². The molecule has 0 heterocycles. The van der Waals surface area contributed by atoms with Crippen LogP contribution in [0.25, 0.3) is 0 Å². The Labute approximate surface area is 121 Å². The molecule has 1 aromatic rings. The van der Waals surface area contributed by atoms with E-state index in [9.17, 15) is 4.79 Å². The third-order valence-electron chi connectivity index (χ3n) is 4.26. The Morgan fingerprint density at radius 3 is 2.75 bits per heavy atom. The van der Waals surface area contributed by atoms with Gasteiger partial charge >= 0.3 is 5.97 Å². The van der Waals surface area contributed by atoms with Crippen LogP contribution in [-0.4, -0.2) is 18.6 Å². The molecule has 20 heavy (non-hydrogen) atoms. The number of benzene rings is 1. The number of aryl methyl sites for hydroxylation is 1. The highest BCUT2D eigenvalue weighted by molar-refractivity contribution is 5.72. The smallest absolute Gasteiger partial charge is 0.309 e. The minimum atomic E-state index is -0.0301. The fraction of sp³-hybridized carbons (Fsp3) is 0.588. The maximum absolute atomic E-state index is 12.1. The molecule has 0 bridgehead atoms. The molecule has 0 aromatic heterocycles. The van der Waals surface area contributed by atoms with Crippen molar-refractivity contribution in [2.45, 2.75) is 45.1 Å². The number of carbonyl (C=O) groups is 1. The minimum Gasteiger partial charge on any atom is -0.466 e. The molecule has 0 spiro atoms. The first kappa shape index (κ1) is 15.0. The van der Waals surface area contributed by atoms with E-state index in [4.69, 9.17) is 10.5 Å². The van der Waals surface area contributed by atoms with Gasteiger partial charge in [0.2, 0.25) is 0 Å². The van der Waals surface area contributed by atoms with E-state index in [1.807, 2.05) is 13.0 Å². The van der Waals surface area contributed by atoms with Gasteiger partial charge in [-0.05, 0) is 50.5 Å². The first-order valence-electron chi connectivity index (χ1n) is 7.66. The molecule has 1 aromatic carbocycles. The summed E-state index contributed by atoms with van der Waals surface area (Å²) in [5.74, 6) is 0.369. The van der Waals surface area contributed by atoms with Crippen molar-refractivity contribution in [1.82, 2.24) is 0 Å². The van der Waals surface area contributed by atoms with Crippen LogP contribution in [0.1, 0.15) is 38.2 Å². The molecule has 1 fully saturated rings. The Morgan fingerprint density at radius 2 is 2.05 bits per heavy atom. The summed E-state index contributed by atoms with van der Waals surface area (Å²) in [7, 11) is 0. The molecule has 3 nitrogen and oxygen atoms in total. The fourth-order valence-corrected chi connectivity index (χ4v) is 3.18. The van der Waals surface area contributed by atoms with Gasteiger partial charge in [-0.25, -0.2) is 0 Å². The van der Waals surface area contributed by atoms with Crippen LogP contribution in [0.4, 0.5) is 0 Å². The predicted molar refractivity (Wildman–Crippen MR) is 80.2 cm³/mol. The van der Waals surface area contributed by atoms with Crippen molar-refractivity contribution in [2.75, 3.05) is 6.61 Å². The van der Waals surface area contributed by atoms with Gasteiger partial charge in [0.15, 0.2) is 0 Å². The van der Waals surface area contributed by atoms with Crippen LogP contribution in [0.3, 0.4) is 0 Å². The summed E-state index contributed by atoms with van der Waals surface area (Å²) in [6, 6.07) is 10.7. The van der Waals surface area contributed by atoms with Gasteiger partial charge in [0.05, 0.1) is 12.5 Å². The Balaban J connectivity index is 1.95. The lowest BCUT2D eigenvalue weighted by Gasteiger charge is -2.33. The quantitative estimate of drug-likeness (QED) is 0.841. The summed E-state index contributed by atoms with van der Waals surface area (Å²) in [4.78, 5) is 12.1. The lowest BCUT2D eigenvalue weighted by molar-refractivity contribution is -0.151. The average Bonchev–Trinajstić information content (AvgIpc) is 2.46. The molecule has 1 saturated carbocycles. The monoisotopic (exact) mass is 275 g/mol. The summed E-state index contributed by atoms with van der Waals surface area (Å²) in [6.45, 7) is 2.33. The van der Waals surface area contributed by atoms with E-state index in [0.29, 0.717) is 12.5 Å². The van der Waals surface area contributed by atoms with Crippen LogP contribution in [0.2, 0.25) is 0 Å². The zero-order valence-corrected chi connectivity index (χ0v) is 12.3. The summed E-state index contributed by atoms with van der Waals surface area (Å²) in [5.41, 5.74) is 7.41. The second kappa shape index (κ2) is 7.44. The predicted octanol–water partition coefficient (Wildman–Crippen LogP) is 2.93. The first-order valence-corrected chi connectivity index (χ1v) is 7.66. The number of hydrogen-bond donors (Lipinski definition) is 1. The largest absolute Gasteiger partial charge is 0.466 e. The molecule has 2 N–H and O–H groups in total. The van der Waals surface area contributed by atoms with Gasteiger partial charge < -0.3 is 10.5 Å². The highest BCUT2D eigenvalue weighted by atomic mass is 16.5. The highest BCUT2D eigenvalue weighted by Gasteiger charge is 2.34. The van der Waals surface area contributed by atoms with E-state index in [2.05, 4.69) is 24.3 Å². The van der Waals surface area contributed by atoms with Gasteiger partial charge in [-0.3, -0.25) is 4.79 Å². The van der Waals surface area contributed by atoms with E-state index in [0.717, 1.165) is 32.1 Å². The summed E-state index contributed by atoms with van der Waals surface area (Å²) in [5, 5.41) is 0. The Hall–Kier alpha value is -1.35. The zero-order valence-electron chi connectivity index (χ0n) is 12.3. The second-order valence-corrected chi connectivity index (χ2v) is 5.72. The number of hydrogen-bond acceptors (Lipinski definition) is 3. The molecular weight excluding hydrogens is 250 g/mol. The van der Waals surface area contributed by atoms with Crippen molar-refractivity contribution in [2.24, 2.45) is 17.6 Å². The van der Waals surface area contributed by atoms with Crippen LogP contribution in [0.5, 0.6) is 0 Å². The van der Waals surface area contributed by atoms with Crippen molar-refractivity contribution in [3.63, 3.8) is 0 Å². The normalized spacial score (nSPS) is 26.2. The molecule has 1 aliphatic carbocycles. The minimum absolute atomic E-state index is 0.0301. The number of esters is 1. The lowest BCUT2D eigenvalue weighted by Crippen LogP contribution is -2.37. The molecule has 0 saturated heterocycles. The van der Waals surface area contributed by atoms with Gasteiger partial charge in [-0.1, -0.05) is 30.3 Å². The molecule has 0 radical (unpaired) electrons. The molecule has 3 heteroatoms. The maximum atomic E-state index is 12.1. The second-order valence-electron chi connectivity index (χ2n) is 5.72. The molecule has 110 valence electrons. The van der Waals surface area contributed by atoms with E-state index in [1.165, 1.54) is 5.56 Å². The van der Waals surface area contributed by atoms with Crippen molar-refractivity contribution in [3.05, 3.63) is 35.9 Å². The Kier molecular flexibility index (Phi) is 5.60. The maximum Gasteiger partial charge on any atom is 0.309 e. The summed E-state index contributed by atoms with van der Waals surface area (Å²) in [6.07, 6.45) is 4.77. The molecule has 1 aliphatic rings. The Bertz CT molecular complexity index is 418. The standard InChI is InChI=1S/C17H25NO2/c1-2-20-17(19)16-11-10-15(18)12-14(16)9-8-13-6-4-3-5-7-13/h3-7,14-16H,2,8-12,18H2,1H3/t14-,15-,16+/m1/s1. The third-order valence-corrected chi connectivity index (χ3v) is 4.26. The average molecular weight is 275 g/mol. The SMILES string of the molecule is CCOC(=O)[C@H]1CC[C@@H](N)C[C@H]1CCc1ccccc1. The van der Waals surface area contributed by atoms with Gasteiger partial charge in [0, 0.05) is 6.04 Å². The van der Waals surface area contributed by atoms with E-state index in [1.54, 1.807) is 0 Å². The Morgan fingerprint density at radius 1 is 1.30 bits per heavy atom. The molecule has 3 atom stereocenters. The van der Waals surface area contributed by atoms with Crippen LogP contribution < -0.4 is 5.73 Å². The fourth-order valence-electron chi connectivity index (χ4n) is 3.18. The molecular formula is C17H25NO2. The van der Waals surface area contributed by atoms with E-state index < -0.39 is 0 Å². The third kappa shape index (κ3) is 4.07. The molecule has 0 aliphatic heterocycles. The van der Waals surface area contributed by atoms with Gasteiger partial charge in [0.25, 0.3) is 0 Å². The van der Waals surface area contributed by atoms with Crippen molar-refractivity contribution in [3.8, 4) is 0 Å². The van der Waals surface area contributed by atoms with Crippen LogP contribution in [-0.2, 0) is 16.0 Å². The number of carbonyl (C=O) groups excluding carboxylic acids is 1. The van der Waals surface area contributed by atoms with Crippen molar-refractivity contribution < 1.29 is 9.53 Å². The summed E-state index contributed by atoms with van der Waals surface area (Å²) >= 11 is 0. The van der Waals surface area contributed by atoms with E-state index >= 15 is 0 Å². The zero-order chi connectivity index (χ0) is 14.4. The van der Waals surface area contributed by atoms with Gasteiger partial charge in [-0.2, -0.15) is 0 Å². The van der Waals surface area contributed by atoms with Crippen LogP contribution in [0.15, 0.2) is 30.3 Å². The summed E-state index contributed by atoms with van der Waals surface area (Å²) < 4.78 is 5.22. The highest BCUT2D eigenvalue weighted by Crippen LogP contribution is 2.33. The van der Waals surface area contributed by atoms with E-state index in [-0.39, 0.29) is 17.9 Å². The van der Waals surface area contributed by atoms with Crippen LogP contribution >= 0.6 is 0 Å². The number of nitrogens with two attached hydrogens (primary N) is 1. The van der Waals surface area contributed by atoms with Gasteiger partial charge in [0.1, 0.15) is 0 Å². The first-order chi connectivity index (χ1) is 9.70. The number of ether oxygens (including phenoxy) is 1. The number of rotatable bonds is 5. The molecule has 2 rings (SSSR count). The molecule has 0 unspecified atom stereocenters. The van der Waals surface area contributed by atoms with Crippen molar-refractivity contribution in [1.29, 1.82) is 0 Å².